The Kier molecular flexibility index (Phi) is 5.58. The minimum absolute atomic E-state index is 0.223. The summed E-state index contributed by atoms with van der Waals surface area (Å²) in [4.78, 5) is 15.9. The van der Waals surface area contributed by atoms with Gasteiger partial charge in [0, 0.05) is 12.2 Å². The Morgan fingerprint density at radius 1 is 1.59 bits per heavy atom. The number of nitrogens with zero attached hydrogens (tertiary/aromatic N) is 1. The summed E-state index contributed by atoms with van der Waals surface area (Å²) < 4.78 is 0.528. The van der Waals surface area contributed by atoms with E-state index in [1.165, 1.54) is 0 Å². The zero-order valence-electron chi connectivity index (χ0n) is 10.0. The molecule has 0 radical (unpaired) electrons. The Labute approximate surface area is 110 Å². The van der Waals surface area contributed by atoms with E-state index in [-0.39, 0.29) is 12.5 Å². The van der Waals surface area contributed by atoms with Gasteiger partial charge in [-0.2, -0.15) is 0 Å². The number of aromatic nitrogens is 1. The number of carbonyl (C=O) groups excluding carboxylic acids is 1. The number of aliphatic hydroxyl groups excluding tert-OH is 1. The second-order valence-corrected chi connectivity index (χ2v) is 4.69. The monoisotopic (exact) mass is 300 g/mol. The molecule has 1 amide bonds. The van der Waals surface area contributed by atoms with Gasteiger partial charge in [-0.3, -0.25) is 4.79 Å². The molecule has 0 saturated carbocycles. The highest BCUT2D eigenvalue weighted by atomic mass is 79.9. The topological polar surface area (TPSA) is 62.2 Å². The third-order valence-corrected chi connectivity index (χ3v) is 2.96. The molecule has 0 saturated heterocycles. The lowest BCUT2D eigenvalue weighted by Gasteiger charge is -2.11. The molecule has 0 aliphatic carbocycles. The molecule has 0 fully saturated rings. The zero-order chi connectivity index (χ0) is 12.8. The maximum absolute atomic E-state index is 11.8. The van der Waals surface area contributed by atoms with Crippen LogP contribution in [0.5, 0.6) is 0 Å². The van der Waals surface area contributed by atoms with Crippen LogP contribution in [0.4, 0.5) is 0 Å². The SMILES string of the molecule is CCCC(O)CNC(=O)c1ccc(C)nc1Br. The molecule has 1 unspecified atom stereocenters. The zero-order valence-corrected chi connectivity index (χ0v) is 11.6. The molecule has 94 valence electrons. The normalized spacial score (nSPS) is 12.2. The van der Waals surface area contributed by atoms with Crippen molar-refractivity contribution in [1.82, 2.24) is 10.3 Å². The second kappa shape index (κ2) is 6.71. The molecule has 1 rings (SSSR count). The predicted octanol–water partition coefficient (Wildman–Crippen LogP) is 2.04. The van der Waals surface area contributed by atoms with Gasteiger partial charge in [-0.15, -0.1) is 0 Å². The van der Waals surface area contributed by atoms with Gasteiger partial charge in [0.2, 0.25) is 0 Å². The number of carbonyl (C=O) groups is 1. The van der Waals surface area contributed by atoms with E-state index in [0.29, 0.717) is 16.6 Å². The summed E-state index contributed by atoms with van der Waals surface area (Å²) in [5.74, 6) is -0.223. The van der Waals surface area contributed by atoms with E-state index < -0.39 is 6.10 Å². The Balaban J connectivity index is 2.58. The first kappa shape index (κ1) is 14.1. The summed E-state index contributed by atoms with van der Waals surface area (Å²) >= 11 is 3.25. The number of pyridine rings is 1. The number of aliphatic hydroxyl groups is 1. The Hall–Kier alpha value is -0.940. The molecule has 1 heterocycles. The highest BCUT2D eigenvalue weighted by Crippen LogP contribution is 2.14. The van der Waals surface area contributed by atoms with Crippen LogP contribution >= 0.6 is 15.9 Å². The van der Waals surface area contributed by atoms with Gasteiger partial charge in [0.1, 0.15) is 4.60 Å². The smallest absolute Gasteiger partial charge is 0.254 e. The minimum Gasteiger partial charge on any atom is -0.391 e. The van der Waals surface area contributed by atoms with Gasteiger partial charge in [0.05, 0.1) is 11.7 Å². The number of aryl methyl sites for hydroxylation is 1. The lowest BCUT2D eigenvalue weighted by Crippen LogP contribution is -2.32. The van der Waals surface area contributed by atoms with Crippen molar-refractivity contribution in [3.05, 3.63) is 28.0 Å². The van der Waals surface area contributed by atoms with Crippen molar-refractivity contribution < 1.29 is 9.90 Å². The van der Waals surface area contributed by atoms with Gasteiger partial charge in [0.25, 0.3) is 5.91 Å². The van der Waals surface area contributed by atoms with Crippen molar-refractivity contribution in [2.24, 2.45) is 0 Å². The summed E-state index contributed by atoms with van der Waals surface area (Å²) in [6, 6.07) is 3.50. The van der Waals surface area contributed by atoms with Crippen LogP contribution in [0.3, 0.4) is 0 Å². The van der Waals surface area contributed by atoms with E-state index in [1.54, 1.807) is 12.1 Å². The van der Waals surface area contributed by atoms with Crippen LogP contribution in [-0.2, 0) is 0 Å². The van der Waals surface area contributed by atoms with Crippen LogP contribution in [-0.4, -0.2) is 28.6 Å². The molecule has 17 heavy (non-hydrogen) atoms. The number of amides is 1. The van der Waals surface area contributed by atoms with Crippen molar-refractivity contribution in [2.45, 2.75) is 32.8 Å². The average molecular weight is 301 g/mol. The summed E-state index contributed by atoms with van der Waals surface area (Å²) in [7, 11) is 0. The fraction of sp³-hybridized carbons (Fsp3) is 0.500. The third-order valence-electron chi connectivity index (χ3n) is 2.35. The fourth-order valence-corrected chi connectivity index (χ4v) is 2.03. The molecule has 0 aliphatic rings. The van der Waals surface area contributed by atoms with Crippen molar-refractivity contribution in [1.29, 1.82) is 0 Å². The van der Waals surface area contributed by atoms with Crippen molar-refractivity contribution >= 4 is 21.8 Å². The van der Waals surface area contributed by atoms with Gasteiger partial charge in [-0.05, 0) is 41.4 Å². The fourth-order valence-electron chi connectivity index (χ4n) is 1.44. The van der Waals surface area contributed by atoms with Crippen LogP contribution in [0.1, 0.15) is 35.8 Å². The van der Waals surface area contributed by atoms with Gasteiger partial charge < -0.3 is 10.4 Å². The molecule has 1 aromatic heterocycles. The van der Waals surface area contributed by atoms with E-state index >= 15 is 0 Å². The first-order valence-electron chi connectivity index (χ1n) is 5.64. The number of rotatable bonds is 5. The number of halogens is 1. The highest BCUT2D eigenvalue weighted by molar-refractivity contribution is 9.10. The molecule has 0 aromatic carbocycles. The van der Waals surface area contributed by atoms with E-state index in [1.807, 2.05) is 13.8 Å². The number of hydrogen-bond donors (Lipinski definition) is 2. The van der Waals surface area contributed by atoms with E-state index in [2.05, 4.69) is 26.2 Å². The van der Waals surface area contributed by atoms with Crippen molar-refractivity contribution in [3.8, 4) is 0 Å². The maximum atomic E-state index is 11.8. The quantitative estimate of drug-likeness (QED) is 0.818. The first-order chi connectivity index (χ1) is 8.04. The lowest BCUT2D eigenvalue weighted by molar-refractivity contribution is 0.0909. The van der Waals surface area contributed by atoms with Crippen LogP contribution in [0, 0.1) is 6.92 Å². The van der Waals surface area contributed by atoms with Crippen LogP contribution in [0.2, 0.25) is 0 Å². The largest absolute Gasteiger partial charge is 0.391 e. The van der Waals surface area contributed by atoms with Crippen molar-refractivity contribution in [2.75, 3.05) is 6.54 Å². The number of nitrogens with one attached hydrogen (secondary N) is 1. The predicted molar refractivity (Wildman–Crippen MR) is 69.9 cm³/mol. The number of hydrogen-bond acceptors (Lipinski definition) is 3. The summed E-state index contributed by atoms with van der Waals surface area (Å²) in [5.41, 5.74) is 1.33. The van der Waals surface area contributed by atoms with Crippen LogP contribution in [0.15, 0.2) is 16.7 Å². The Morgan fingerprint density at radius 3 is 2.88 bits per heavy atom. The van der Waals surface area contributed by atoms with E-state index in [4.69, 9.17) is 0 Å². The van der Waals surface area contributed by atoms with Gasteiger partial charge in [0.15, 0.2) is 0 Å². The van der Waals surface area contributed by atoms with Crippen LogP contribution < -0.4 is 5.32 Å². The molecule has 4 nitrogen and oxygen atoms in total. The Bertz CT molecular complexity index is 396. The molecule has 0 bridgehead atoms. The van der Waals surface area contributed by atoms with E-state index in [0.717, 1.165) is 12.1 Å². The van der Waals surface area contributed by atoms with Gasteiger partial charge in [-0.1, -0.05) is 13.3 Å². The Morgan fingerprint density at radius 2 is 2.29 bits per heavy atom. The summed E-state index contributed by atoms with van der Waals surface area (Å²) in [6.45, 7) is 4.12. The first-order valence-corrected chi connectivity index (χ1v) is 6.43. The van der Waals surface area contributed by atoms with Crippen LogP contribution in [0.25, 0.3) is 0 Å². The molecular formula is C12H17BrN2O2. The summed E-state index contributed by atoms with van der Waals surface area (Å²) in [5, 5.41) is 12.2. The minimum atomic E-state index is -0.485. The third kappa shape index (κ3) is 4.44. The lowest BCUT2D eigenvalue weighted by atomic mass is 10.2. The van der Waals surface area contributed by atoms with E-state index in [9.17, 15) is 9.90 Å². The van der Waals surface area contributed by atoms with Gasteiger partial charge >= 0.3 is 0 Å². The van der Waals surface area contributed by atoms with Crippen molar-refractivity contribution in [3.63, 3.8) is 0 Å². The second-order valence-electron chi connectivity index (χ2n) is 3.94. The summed E-state index contributed by atoms with van der Waals surface area (Å²) in [6.07, 6.45) is 1.10. The highest BCUT2D eigenvalue weighted by Gasteiger charge is 2.12. The molecule has 1 aromatic rings. The molecule has 1 atom stereocenters. The van der Waals surface area contributed by atoms with Gasteiger partial charge in [-0.25, -0.2) is 4.98 Å². The molecule has 2 N–H and O–H groups in total. The molecule has 0 aliphatic heterocycles. The molecular weight excluding hydrogens is 284 g/mol. The molecule has 5 heteroatoms. The average Bonchev–Trinajstić information content (AvgIpc) is 2.26. The maximum Gasteiger partial charge on any atom is 0.254 e. The standard InChI is InChI=1S/C12H17BrN2O2/c1-3-4-9(16)7-14-12(17)10-6-5-8(2)15-11(10)13/h5-6,9,16H,3-4,7H2,1-2H3,(H,14,17). The molecule has 0 spiro atoms.